The van der Waals surface area contributed by atoms with Crippen LogP contribution < -0.4 is 5.32 Å². The van der Waals surface area contributed by atoms with Gasteiger partial charge in [-0.1, -0.05) is 6.07 Å². The monoisotopic (exact) mass is 421 g/mol. The minimum absolute atomic E-state index is 0.0753. The van der Waals surface area contributed by atoms with Crippen molar-refractivity contribution >= 4 is 61.5 Å². The van der Waals surface area contributed by atoms with E-state index in [1.165, 1.54) is 0 Å². The van der Waals surface area contributed by atoms with Crippen LogP contribution in [0.3, 0.4) is 0 Å². The second kappa shape index (κ2) is 5.49. The van der Waals surface area contributed by atoms with Crippen molar-refractivity contribution in [2.45, 2.75) is 6.92 Å². The van der Waals surface area contributed by atoms with Crippen LogP contribution in [0.25, 0.3) is 0 Å². The van der Waals surface area contributed by atoms with Gasteiger partial charge in [0.05, 0.1) is 14.1 Å². The van der Waals surface area contributed by atoms with Crippen LogP contribution in [0.15, 0.2) is 34.1 Å². The number of amides is 1. The van der Waals surface area contributed by atoms with Gasteiger partial charge in [-0.05, 0) is 69.2 Å². The van der Waals surface area contributed by atoms with E-state index in [4.69, 9.17) is 0 Å². The molecule has 1 aromatic carbocycles. The summed E-state index contributed by atoms with van der Waals surface area (Å²) in [7, 11) is 0. The minimum atomic E-state index is -0.0753. The van der Waals surface area contributed by atoms with Crippen molar-refractivity contribution in [3.8, 4) is 0 Å². The van der Waals surface area contributed by atoms with Crippen molar-refractivity contribution in [2.75, 3.05) is 5.32 Å². The number of nitrogens with one attached hydrogen (secondary N) is 1. The second-order valence-electron chi connectivity index (χ2n) is 3.58. The lowest BCUT2D eigenvalue weighted by atomic mass is 10.2. The fraction of sp³-hybridized carbons (Fsp3) is 0.0833. The van der Waals surface area contributed by atoms with Gasteiger partial charge in [-0.25, -0.2) is 0 Å². The molecule has 1 N–H and O–H groups in total. The zero-order valence-corrected chi connectivity index (χ0v) is 13.5. The van der Waals surface area contributed by atoms with Crippen LogP contribution in [0.1, 0.15) is 15.9 Å². The normalized spacial score (nSPS) is 10.3. The molecule has 0 aliphatic rings. The van der Waals surface area contributed by atoms with Crippen molar-refractivity contribution in [3.63, 3.8) is 0 Å². The topological polar surface area (TPSA) is 29.1 Å². The molecule has 5 heteroatoms. The summed E-state index contributed by atoms with van der Waals surface area (Å²) in [5.74, 6) is -0.0753. The molecule has 2 aromatic rings. The van der Waals surface area contributed by atoms with Gasteiger partial charge in [0.25, 0.3) is 5.91 Å². The molecule has 2 rings (SSSR count). The van der Waals surface area contributed by atoms with E-state index in [9.17, 15) is 4.79 Å². The summed E-state index contributed by atoms with van der Waals surface area (Å²) in [6.45, 7) is 2.01. The Labute approximate surface area is 126 Å². The number of carbonyl (C=O) groups is 1. The summed E-state index contributed by atoms with van der Waals surface area (Å²) >= 11 is 7.21. The summed E-state index contributed by atoms with van der Waals surface area (Å²) in [5.41, 5.74) is 2.65. The fourth-order valence-corrected chi connectivity index (χ4v) is 3.26. The summed E-state index contributed by atoms with van der Waals surface area (Å²) in [4.78, 5) is 11.9. The first-order valence-corrected chi connectivity index (χ1v) is 7.63. The molecule has 1 amide bonds. The Balaban J connectivity index is 2.18. The molecule has 0 spiro atoms. The van der Waals surface area contributed by atoms with Crippen molar-refractivity contribution < 1.29 is 4.79 Å². The number of hydrogen-bond acceptors (Lipinski definition) is 2. The van der Waals surface area contributed by atoms with E-state index in [-0.39, 0.29) is 5.91 Å². The van der Waals surface area contributed by atoms with E-state index in [1.54, 1.807) is 11.3 Å². The van der Waals surface area contributed by atoms with Gasteiger partial charge in [0.1, 0.15) is 0 Å². The first-order chi connectivity index (χ1) is 8.06. The Morgan fingerprint density at radius 1 is 1.41 bits per heavy atom. The van der Waals surface area contributed by atoms with Crippen molar-refractivity contribution in [1.82, 2.24) is 0 Å². The number of carbonyl (C=O) groups excluding carboxylic acids is 1. The molecule has 0 aliphatic heterocycles. The Bertz CT molecular complexity index is 567. The largest absolute Gasteiger partial charge is 0.321 e. The molecule has 0 fully saturated rings. The highest BCUT2D eigenvalue weighted by Crippen LogP contribution is 2.24. The first-order valence-electron chi connectivity index (χ1n) is 4.88. The van der Waals surface area contributed by atoms with Crippen LogP contribution in [-0.4, -0.2) is 5.91 Å². The summed E-state index contributed by atoms with van der Waals surface area (Å²) in [6.07, 6.45) is 0. The molecule has 0 bridgehead atoms. The van der Waals surface area contributed by atoms with Crippen LogP contribution in [0.4, 0.5) is 5.69 Å². The van der Waals surface area contributed by atoms with E-state index in [2.05, 4.69) is 43.8 Å². The third-order valence-corrected chi connectivity index (χ3v) is 4.65. The third kappa shape index (κ3) is 3.29. The molecule has 0 aliphatic carbocycles. The maximum Gasteiger partial charge on any atom is 0.256 e. The van der Waals surface area contributed by atoms with E-state index in [1.807, 2.05) is 36.6 Å². The Kier molecular flexibility index (Phi) is 4.22. The van der Waals surface area contributed by atoms with Gasteiger partial charge >= 0.3 is 0 Å². The highest BCUT2D eigenvalue weighted by atomic mass is 127. The SMILES string of the molecule is Cc1ccc(NC(=O)c2csc(I)c2)c(Br)c1. The number of hydrogen-bond donors (Lipinski definition) is 1. The van der Waals surface area contributed by atoms with Crippen LogP contribution in [0.2, 0.25) is 0 Å². The highest BCUT2D eigenvalue weighted by molar-refractivity contribution is 14.1. The smallest absolute Gasteiger partial charge is 0.256 e. The standard InChI is InChI=1S/C12H9BrINOS/c1-7-2-3-10(9(13)4-7)15-12(16)8-5-11(14)17-6-8/h2-6H,1H3,(H,15,16). The molecular formula is C12H9BrINOS. The zero-order valence-electron chi connectivity index (χ0n) is 8.96. The first kappa shape index (κ1) is 13.0. The number of benzene rings is 1. The molecule has 0 radical (unpaired) electrons. The van der Waals surface area contributed by atoms with Gasteiger partial charge in [-0.15, -0.1) is 11.3 Å². The Morgan fingerprint density at radius 3 is 2.76 bits per heavy atom. The van der Waals surface area contributed by atoms with E-state index < -0.39 is 0 Å². The van der Waals surface area contributed by atoms with E-state index >= 15 is 0 Å². The Hall–Kier alpha value is -0.400. The average Bonchev–Trinajstić information content (AvgIpc) is 2.69. The number of rotatable bonds is 2. The molecule has 1 heterocycles. The number of thiophene rings is 1. The molecular weight excluding hydrogens is 413 g/mol. The third-order valence-electron chi connectivity index (χ3n) is 2.20. The summed E-state index contributed by atoms with van der Waals surface area (Å²) in [6, 6.07) is 7.72. The summed E-state index contributed by atoms with van der Waals surface area (Å²) in [5, 5.41) is 4.74. The zero-order chi connectivity index (χ0) is 12.4. The molecule has 0 saturated carbocycles. The molecule has 0 atom stereocenters. The van der Waals surface area contributed by atoms with Crippen LogP contribution in [-0.2, 0) is 0 Å². The lowest BCUT2D eigenvalue weighted by Crippen LogP contribution is -2.11. The van der Waals surface area contributed by atoms with Crippen LogP contribution >= 0.6 is 49.9 Å². The maximum absolute atomic E-state index is 11.9. The van der Waals surface area contributed by atoms with Crippen molar-refractivity contribution in [2.24, 2.45) is 0 Å². The molecule has 0 unspecified atom stereocenters. The molecule has 1 aromatic heterocycles. The van der Waals surface area contributed by atoms with Crippen molar-refractivity contribution in [3.05, 3.63) is 48.1 Å². The highest BCUT2D eigenvalue weighted by Gasteiger charge is 2.09. The maximum atomic E-state index is 11.9. The van der Waals surface area contributed by atoms with E-state index in [0.717, 1.165) is 18.6 Å². The number of halogens is 2. The molecule has 0 saturated heterocycles. The fourth-order valence-electron chi connectivity index (χ4n) is 1.35. The minimum Gasteiger partial charge on any atom is -0.321 e. The van der Waals surface area contributed by atoms with Gasteiger partial charge in [-0.3, -0.25) is 4.79 Å². The predicted octanol–water partition coefficient (Wildman–Crippen LogP) is 4.68. The van der Waals surface area contributed by atoms with Crippen LogP contribution in [0, 0.1) is 9.81 Å². The van der Waals surface area contributed by atoms with E-state index in [0.29, 0.717) is 5.56 Å². The van der Waals surface area contributed by atoms with Gasteiger partial charge < -0.3 is 5.32 Å². The molecule has 17 heavy (non-hydrogen) atoms. The quantitative estimate of drug-likeness (QED) is 0.701. The van der Waals surface area contributed by atoms with Gasteiger partial charge in [0, 0.05) is 9.85 Å². The van der Waals surface area contributed by atoms with Gasteiger partial charge in [0.15, 0.2) is 0 Å². The lowest BCUT2D eigenvalue weighted by Gasteiger charge is -2.06. The van der Waals surface area contributed by atoms with Crippen LogP contribution in [0.5, 0.6) is 0 Å². The predicted molar refractivity (Wildman–Crippen MR) is 83.9 cm³/mol. The summed E-state index contributed by atoms with van der Waals surface area (Å²) < 4.78 is 2.01. The molecule has 2 nitrogen and oxygen atoms in total. The van der Waals surface area contributed by atoms with Crippen molar-refractivity contribution in [1.29, 1.82) is 0 Å². The Morgan fingerprint density at radius 2 is 2.18 bits per heavy atom. The number of aryl methyl sites for hydroxylation is 1. The second-order valence-corrected chi connectivity index (χ2v) is 7.24. The van der Waals surface area contributed by atoms with Gasteiger partial charge in [0.2, 0.25) is 0 Å². The number of anilines is 1. The molecule has 88 valence electrons. The van der Waals surface area contributed by atoms with Gasteiger partial charge in [-0.2, -0.15) is 0 Å². The average molecular weight is 422 g/mol. The lowest BCUT2D eigenvalue weighted by molar-refractivity contribution is 0.102.